The van der Waals surface area contributed by atoms with E-state index in [2.05, 4.69) is 0 Å². The number of hydrogen-bond donors (Lipinski definition) is 0. The summed E-state index contributed by atoms with van der Waals surface area (Å²) in [6.07, 6.45) is 0. The highest BCUT2D eigenvalue weighted by atomic mass is 32.2. The molecule has 2 aromatic rings. The Balaban J connectivity index is 2.42. The Morgan fingerprint density at radius 3 is 2.19 bits per heavy atom. The van der Waals surface area contributed by atoms with Crippen LogP contribution in [0.5, 0.6) is 0 Å². The quantitative estimate of drug-likeness (QED) is 0.548. The Morgan fingerprint density at radius 2 is 1.65 bits per heavy atom. The number of benzene rings is 2. The van der Waals surface area contributed by atoms with Crippen LogP contribution >= 0.6 is 0 Å². The van der Waals surface area contributed by atoms with Gasteiger partial charge in [0, 0.05) is 12.1 Å². The van der Waals surface area contributed by atoms with Crippen molar-refractivity contribution in [3.8, 4) is 0 Å². The van der Waals surface area contributed by atoms with E-state index in [1.165, 1.54) is 41.6 Å². The number of ketones is 1. The summed E-state index contributed by atoms with van der Waals surface area (Å²) in [5.74, 6) is -0.642. The summed E-state index contributed by atoms with van der Waals surface area (Å²) >= 11 is 0. The van der Waals surface area contributed by atoms with Gasteiger partial charge in [0.15, 0.2) is 5.78 Å². The van der Waals surface area contributed by atoms with Gasteiger partial charge < -0.3 is 4.74 Å². The smallest absolute Gasteiger partial charge is 0.338 e. The Morgan fingerprint density at radius 1 is 1.00 bits per heavy atom. The van der Waals surface area contributed by atoms with E-state index in [0.717, 1.165) is 0 Å². The van der Waals surface area contributed by atoms with Crippen molar-refractivity contribution >= 4 is 27.5 Å². The molecular formula is C19H21NO5S. The molecule has 0 saturated heterocycles. The second kappa shape index (κ2) is 8.14. The molecule has 0 atom stereocenters. The standard InChI is InChI=1S/C19H21NO5S/c1-4-20(17-8-6-7-16(13-17)19(22)25-5-2)26(23,24)18-11-9-15(10-12-18)14(3)21/h6-13H,4-5H2,1-3H3. The molecule has 7 heteroatoms. The molecule has 0 aliphatic heterocycles. The Labute approximate surface area is 153 Å². The lowest BCUT2D eigenvalue weighted by molar-refractivity contribution is 0.0526. The predicted octanol–water partition coefficient (Wildman–Crippen LogP) is 3.28. The minimum atomic E-state index is -3.83. The van der Waals surface area contributed by atoms with E-state index in [-0.39, 0.29) is 29.4 Å². The molecule has 2 aromatic carbocycles. The lowest BCUT2D eigenvalue weighted by Gasteiger charge is -2.23. The number of sulfonamides is 1. The topological polar surface area (TPSA) is 80.8 Å². The summed E-state index contributed by atoms with van der Waals surface area (Å²) in [7, 11) is -3.83. The Kier molecular flexibility index (Phi) is 6.15. The number of anilines is 1. The SMILES string of the molecule is CCOC(=O)c1cccc(N(CC)S(=O)(=O)c2ccc(C(C)=O)cc2)c1. The van der Waals surface area contributed by atoms with Gasteiger partial charge in [0.25, 0.3) is 10.0 Å². The van der Waals surface area contributed by atoms with Crippen molar-refractivity contribution in [1.82, 2.24) is 0 Å². The van der Waals surface area contributed by atoms with Crippen LogP contribution in [-0.4, -0.2) is 33.3 Å². The monoisotopic (exact) mass is 375 g/mol. The molecule has 0 spiro atoms. The van der Waals surface area contributed by atoms with E-state index in [4.69, 9.17) is 4.74 Å². The normalized spacial score (nSPS) is 11.0. The van der Waals surface area contributed by atoms with Crippen molar-refractivity contribution in [2.24, 2.45) is 0 Å². The number of nitrogens with zero attached hydrogens (tertiary/aromatic N) is 1. The molecule has 0 bridgehead atoms. The molecule has 0 saturated carbocycles. The first-order valence-electron chi connectivity index (χ1n) is 8.22. The molecule has 0 aromatic heterocycles. The highest BCUT2D eigenvalue weighted by Crippen LogP contribution is 2.25. The van der Waals surface area contributed by atoms with Crippen LogP contribution in [0.3, 0.4) is 0 Å². The van der Waals surface area contributed by atoms with E-state index >= 15 is 0 Å². The number of esters is 1. The van der Waals surface area contributed by atoms with Gasteiger partial charge in [-0.25, -0.2) is 13.2 Å². The van der Waals surface area contributed by atoms with Crippen LogP contribution in [0, 0.1) is 0 Å². The minimum Gasteiger partial charge on any atom is -0.462 e. The molecule has 0 unspecified atom stereocenters. The zero-order valence-corrected chi connectivity index (χ0v) is 15.7. The number of carbonyl (C=O) groups excluding carboxylic acids is 2. The maximum Gasteiger partial charge on any atom is 0.338 e. The molecule has 0 fully saturated rings. The molecule has 0 aliphatic rings. The van der Waals surface area contributed by atoms with Crippen molar-refractivity contribution in [2.45, 2.75) is 25.7 Å². The van der Waals surface area contributed by atoms with Gasteiger partial charge in [-0.05, 0) is 51.1 Å². The number of ether oxygens (including phenoxy) is 1. The molecule has 2 rings (SSSR count). The van der Waals surface area contributed by atoms with Crippen LogP contribution in [0.15, 0.2) is 53.4 Å². The van der Waals surface area contributed by atoms with Crippen LogP contribution in [0.4, 0.5) is 5.69 Å². The van der Waals surface area contributed by atoms with Crippen LogP contribution in [-0.2, 0) is 14.8 Å². The molecule has 0 amide bonds. The molecule has 0 radical (unpaired) electrons. The van der Waals surface area contributed by atoms with E-state index in [1.807, 2.05) is 0 Å². The lowest BCUT2D eigenvalue weighted by Crippen LogP contribution is -2.31. The second-order valence-corrected chi connectivity index (χ2v) is 7.38. The zero-order chi connectivity index (χ0) is 19.3. The first-order valence-corrected chi connectivity index (χ1v) is 9.66. The summed E-state index contributed by atoms with van der Waals surface area (Å²) in [5.41, 5.74) is 1.09. The molecule has 0 heterocycles. The van der Waals surface area contributed by atoms with Gasteiger partial charge in [-0.15, -0.1) is 0 Å². The molecule has 26 heavy (non-hydrogen) atoms. The van der Waals surface area contributed by atoms with Gasteiger partial charge in [-0.2, -0.15) is 0 Å². The fourth-order valence-electron chi connectivity index (χ4n) is 2.48. The summed E-state index contributed by atoms with van der Waals surface area (Å²) in [5, 5.41) is 0. The zero-order valence-electron chi connectivity index (χ0n) is 14.9. The van der Waals surface area contributed by atoms with Crippen molar-refractivity contribution in [3.05, 3.63) is 59.7 Å². The van der Waals surface area contributed by atoms with Gasteiger partial charge in [-0.3, -0.25) is 9.10 Å². The van der Waals surface area contributed by atoms with Gasteiger partial charge >= 0.3 is 5.97 Å². The van der Waals surface area contributed by atoms with Gasteiger partial charge in [0.1, 0.15) is 0 Å². The first kappa shape index (κ1) is 19.7. The average Bonchev–Trinajstić information content (AvgIpc) is 2.62. The third kappa shape index (κ3) is 4.11. The van der Waals surface area contributed by atoms with Crippen LogP contribution < -0.4 is 4.31 Å². The summed E-state index contributed by atoms with van der Waals surface area (Å²) in [4.78, 5) is 23.4. The Hall–Kier alpha value is -2.67. The summed E-state index contributed by atoms with van der Waals surface area (Å²) in [6.45, 7) is 5.25. The molecule has 0 aliphatic carbocycles. The summed E-state index contributed by atoms with van der Waals surface area (Å²) in [6, 6.07) is 12.1. The van der Waals surface area contributed by atoms with E-state index < -0.39 is 16.0 Å². The van der Waals surface area contributed by atoms with Gasteiger partial charge in [0.2, 0.25) is 0 Å². The molecule has 6 nitrogen and oxygen atoms in total. The fraction of sp³-hybridized carbons (Fsp3) is 0.263. The fourth-order valence-corrected chi connectivity index (χ4v) is 3.95. The molecule has 138 valence electrons. The average molecular weight is 375 g/mol. The van der Waals surface area contributed by atoms with Crippen LogP contribution in [0.2, 0.25) is 0 Å². The van der Waals surface area contributed by atoms with E-state index in [1.54, 1.807) is 32.0 Å². The van der Waals surface area contributed by atoms with Crippen molar-refractivity contribution in [3.63, 3.8) is 0 Å². The first-order chi connectivity index (χ1) is 12.3. The number of rotatable bonds is 7. The lowest BCUT2D eigenvalue weighted by atomic mass is 10.2. The highest BCUT2D eigenvalue weighted by molar-refractivity contribution is 7.92. The Bertz CT molecular complexity index is 904. The predicted molar refractivity (Wildman–Crippen MR) is 99.1 cm³/mol. The van der Waals surface area contributed by atoms with E-state index in [9.17, 15) is 18.0 Å². The number of Topliss-reactive ketones (excluding diaryl/α,β-unsaturated/α-hetero) is 1. The molecule has 0 N–H and O–H groups in total. The molecular weight excluding hydrogens is 354 g/mol. The van der Waals surface area contributed by atoms with Crippen LogP contribution in [0.25, 0.3) is 0 Å². The van der Waals surface area contributed by atoms with Crippen molar-refractivity contribution in [1.29, 1.82) is 0 Å². The van der Waals surface area contributed by atoms with Gasteiger partial charge in [-0.1, -0.05) is 18.2 Å². The van der Waals surface area contributed by atoms with Gasteiger partial charge in [0.05, 0.1) is 22.8 Å². The second-order valence-electron chi connectivity index (χ2n) is 5.52. The third-order valence-corrected chi connectivity index (χ3v) is 5.70. The maximum atomic E-state index is 13.0. The van der Waals surface area contributed by atoms with Crippen LogP contribution in [0.1, 0.15) is 41.5 Å². The maximum absolute atomic E-state index is 13.0. The van der Waals surface area contributed by atoms with E-state index in [0.29, 0.717) is 11.3 Å². The minimum absolute atomic E-state index is 0.0749. The van der Waals surface area contributed by atoms with Crippen molar-refractivity contribution in [2.75, 3.05) is 17.5 Å². The van der Waals surface area contributed by atoms with Crippen molar-refractivity contribution < 1.29 is 22.7 Å². The number of hydrogen-bond acceptors (Lipinski definition) is 5. The highest BCUT2D eigenvalue weighted by Gasteiger charge is 2.24. The number of carbonyl (C=O) groups is 2. The third-order valence-electron chi connectivity index (χ3n) is 3.78. The largest absolute Gasteiger partial charge is 0.462 e. The summed E-state index contributed by atoms with van der Waals surface area (Å²) < 4.78 is 32.1.